The van der Waals surface area contributed by atoms with Gasteiger partial charge in [-0.05, 0) is 31.0 Å². The van der Waals surface area contributed by atoms with E-state index in [2.05, 4.69) is 0 Å². The summed E-state index contributed by atoms with van der Waals surface area (Å²) < 4.78 is 5.15. The molecule has 1 aliphatic heterocycles. The summed E-state index contributed by atoms with van der Waals surface area (Å²) in [7, 11) is 0. The van der Waals surface area contributed by atoms with Gasteiger partial charge in [0.2, 0.25) is 0 Å². The lowest BCUT2D eigenvalue weighted by molar-refractivity contribution is -0.128. The second-order valence-electron chi connectivity index (χ2n) is 4.53. The van der Waals surface area contributed by atoms with Crippen LogP contribution >= 0.6 is 11.6 Å². The fraction of sp³-hybridized carbons (Fsp3) is 0.462. The Labute approximate surface area is 111 Å². The number of carbonyl (C=O) groups excluding carboxylic acids is 1. The van der Waals surface area contributed by atoms with Gasteiger partial charge in [-0.15, -0.1) is 0 Å². The summed E-state index contributed by atoms with van der Waals surface area (Å²) in [6.45, 7) is 4.07. The third-order valence-corrected chi connectivity index (χ3v) is 3.31. The fourth-order valence-electron chi connectivity index (χ4n) is 2.28. The van der Waals surface area contributed by atoms with Crippen LogP contribution in [0.2, 0.25) is 5.02 Å². The van der Waals surface area contributed by atoms with Crippen molar-refractivity contribution in [3.8, 4) is 0 Å². The van der Waals surface area contributed by atoms with E-state index in [0.29, 0.717) is 17.3 Å². The third-order valence-electron chi connectivity index (χ3n) is 3.02. The SMILES string of the molecule is Cc1cc(C)c(N2C(=O)COCC2CO)c(Cl)c1. The van der Waals surface area contributed by atoms with Crippen molar-refractivity contribution in [1.82, 2.24) is 0 Å². The molecular formula is C13H16ClNO3. The van der Waals surface area contributed by atoms with Gasteiger partial charge in [0, 0.05) is 0 Å². The minimum Gasteiger partial charge on any atom is -0.394 e. The van der Waals surface area contributed by atoms with Gasteiger partial charge in [-0.25, -0.2) is 0 Å². The lowest BCUT2D eigenvalue weighted by atomic mass is 10.1. The Morgan fingerprint density at radius 1 is 1.50 bits per heavy atom. The quantitative estimate of drug-likeness (QED) is 0.889. The number of hydrogen-bond acceptors (Lipinski definition) is 3. The van der Waals surface area contributed by atoms with Crippen molar-refractivity contribution in [3.63, 3.8) is 0 Å². The van der Waals surface area contributed by atoms with Crippen LogP contribution in [0.3, 0.4) is 0 Å². The maximum Gasteiger partial charge on any atom is 0.253 e. The molecule has 1 amide bonds. The molecule has 1 saturated heterocycles. The summed E-state index contributed by atoms with van der Waals surface area (Å²) in [5.74, 6) is -0.172. The molecule has 18 heavy (non-hydrogen) atoms. The average molecular weight is 270 g/mol. The van der Waals surface area contributed by atoms with Crippen LogP contribution in [0, 0.1) is 13.8 Å². The Bertz CT molecular complexity index is 452. The molecule has 1 unspecified atom stereocenters. The highest BCUT2D eigenvalue weighted by atomic mass is 35.5. The number of rotatable bonds is 2. The molecule has 1 aromatic rings. The molecule has 1 heterocycles. The van der Waals surface area contributed by atoms with Crippen molar-refractivity contribution in [2.75, 3.05) is 24.7 Å². The summed E-state index contributed by atoms with van der Waals surface area (Å²) in [5, 5.41) is 9.89. The van der Waals surface area contributed by atoms with E-state index < -0.39 is 0 Å². The minimum atomic E-state index is -0.370. The molecule has 1 fully saturated rings. The van der Waals surface area contributed by atoms with Gasteiger partial charge in [-0.2, -0.15) is 0 Å². The first kappa shape index (κ1) is 13.3. The zero-order valence-corrected chi connectivity index (χ0v) is 11.2. The van der Waals surface area contributed by atoms with Crippen molar-refractivity contribution in [1.29, 1.82) is 0 Å². The number of amides is 1. The van der Waals surface area contributed by atoms with E-state index in [1.807, 2.05) is 26.0 Å². The molecule has 0 aliphatic carbocycles. The Balaban J connectivity index is 2.48. The molecule has 0 aromatic heterocycles. The van der Waals surface area contributed by atoms with Gasteiger partial charge in [-0.3, -0.25) is 4.79 Å². The zero-order valence-electron chi connectivity index (χ0n) is 10.4. The number of ether oxygens (including phenoxy) is 1. The number of carbonyl (C=O) groups is 1. The number of hydrogen-bond donors (Lipinski definition) is 1. The predicted molar refractivity (Wildman–Crippen MR) is 70.1 cm³/mol. The van der Waals surface area contributed by atoms with Gasteiger partial charge < -0.3 is 14.7 Å². The Morgan fingerprint density at radius 2 is 2.22 bits per heavy atom. The monoisotopic (exact) mass is 269 g/mol. The van der Waals surface area contributed by atoms with Crippen LogP contribution < -0.4 is 4.90 Å². The normalized spacial score (nSPS) is 20.3. The maximum atomic E-state index is 12.0. The van der Waals surface area contributed by atoms with Crippen LogP contribution in [0.15, 0.2) is 12.1 Å². The van der Waals surface area contributed by atoms with Crippen molar-refractivity contribution in [2.45, 2.75) is 19.9 Å². The topological polar surface area (TPSA) is 49.8 Å². The number of benzene rings is 1. The zero-order chi connectivity index (χ0) is 13.3. The lowest BCUT2D eigenvalue weighted by Gasteiger charge is -2.35. The highest BCUT2D eigenvalue weighted by Gasteiger charge is 2.31. The molecule has 0 saturated carbocycles. The number of halogens is 1. The molecule has 98 valence electrons. The third kappa shape index (κ3) is 2.36. The van der Waals surface area contributed by atoms with E-state index in [1.54, 1.807) is 4.90 Å². The number of aryl methyl sites for hydroxylation is 2. The van der Waals surface area contributed by atoms with Gasteiger partial charge in [0.05, 0.1) is 30.0 Å². The van der Waals surface area contributed by atoms with Gasteiger partial charge in [-0.1, -0.05) is 17.7 Å². The largest absolute Gasteiger partial charge is 0.394 e. The number of nitrogens with zero attached hydrogens (tertiary/aromatic N) is 1. The minimum absolute atomic E-state index is 0.0279. The molecular weight excluding hydrogens is 254 g/mol. The van der Waals surface area contributed by atoms with E-state index >= 15 is 0 Å². The van der Waals surface area contributed by atoms with E-state index in [0.717, 1.165) is 11.1 Å². The van der Waals surface area contributed by atoms with Crippen LogP contribution in [0.1, 0.15) is 11.1 Å². The number of morpholine rings is 1. The van der Waals surface area contributed by atoms with Gasteiger partial charge in [0.15, 0.2) is 0 Å². The van der Waals surface area contributed by atoms with Crippen LogP contribution in [0.5, 0.6) is 0 Å². The van der Waals surface area contributed by atoms with Gasteiger partial charge >= 0.3 is 0 Å². The van der Waals surface area contributed by atoms with Crippen molar-refractivity contribution in [2.24, 2.45) is 0 Å². The predicted octanol–water partition coefficient (Wildman–Crippen LogP) is 1.68. The van der Waals surface area contributed by atoms with Gasteiger partial charge in [0.25, 0.3) is 5.91 Å². The molecule has 1 atom stereocenters. The first-order valence-corrected chi connectivity index (χ1v) is 6.19. The maximum absolute atomic E-state index is 12.0. The van der Waals surface area contributed by atoms with E-state index in [9.17, 15) is 9.90 Å². The van der Waals surface area contributed by atoms with Gasteiger partial charge in [0.1, 0.15) is 6.61 Å². The molecule has 1 N–H and O–H groups in total. The molecule has 4 nitrogen and oxygen atoms in total. The van der Waals surface area contributed by atoms with Crippen LogP contribution in [-0.2, 0) is 9.53 Å². The Morgan fingerprint density at radius 3 is 2.83 bits per heavy atom. The smallest absolute Gasteiger partial charge is 0.253 e. The first-order chi connectivity index (χ1) is 8.54. The molecule has 0 bridgehead atoms. The fourth-order valence-corrected chi connectivity index (χ4v) is 2.70. The molecule has 1 aromatic carbocycles. The van der Waals surface area contributed by atoms with Crippen LogP contribution in [0.4, 0.5) is 5.69 Å². The number of anilines is 1. The second-order valence-corrected chi connectivity index (χ2v) is 4.93. The van der Waals surface area contributed by atoms with E-state index in [4.69, 9.17) is 16.3 Å². The highest BCUT2D eigenvalue weighted by molar-refractivity contribution is 6.34. The highest BCUT2D eigenvalue weighted by Crippen LogP contribution is 2.33. The Hall–Kier alpha value is -1.10. The van der Waals surface area contributed by atoms with Crippen LogP contribution in [0.25, 0.3) is 0 Å². The standard InChI is InChI=1S/C13H16ClNO3/c1-8-3-9(2)13(11(14)4-8)15-10(5-16)6-18-7-12(15)17/h3-4,10,16H,5-7H2,1-2H3. The van der Waals surface area contributed by atoms with Crippen molar-refractivity contribution < 1.29 is 14.6 Å². The molecule has 0 radical (unpaired) electrons. The molecule has 2 rings (SSSR count). The van der Waals surface area contributed by atoms with E-state index in [-0.39, 0.29) is 25.2 Å². The molecule has 0 spiro atoms. The number of aliphatic hydroxyl groups is 1. The summed E-state index contributed by atoms with van der Waals surface area (Å²) in [6.07, 6.45) is 0. The summed E-state index contributed by atoms with van der Waals surface area (Å²) in [5.41, 5.74) is 2.64. The van der Waals surface area contributed by atoms with Crippen molar-refractivity contribution in [3.05, 3.63) is 28.3 Å². The van der Waals surface area contributed by atoms with Crippen molar-refractivity contribution >= 4 is 23.2 Å². The molecule has 1 aliphatic rings. The average Bonchev–Trinajstić information content (AvgIpc) is 2.29. The second kappa shape index (κ2) is 5.26. The first-order valence-electron chi connectivity index (χ1n) is 5.82. The summed E-state index contributed by atoms with van der Waals surface area (Å²) >= 11 is 6.24. The summed E-state index contributed by atoms with van der Waals surface area (Å²) in [6, 6.07) is 3.42. The van der Waals surface area contributed by atoms with E-state index in [1.165, 1.54) is 0 Å². The number of aliphatic hydroxyl groups excluding tert-OH is 1. The lowest BCUT2D eigenvalue weighted by Crippen LogP contribution is -2.51. The van der Waals surface area contributed by atoms with Crippen LogP contribution in [-0.4, -0.2) is 36.9 Å². The summed E-state index contributed by atoms with van der Waals surface area (Å²) in [4.78, 5) is 13.5. The Kier molecular flexibility index (Phi) is 3.90. The molecule has 5 heteroatoms.